The third-order valence-corrected chi connectivity index (χ3v) is 12.8. The summed E-state index contributed by atoms with van der Waals surface area (Å²) in [6.07, 6.45) is -0.854. The predicted octanol–water partition coefficient (Wildman–Crippen LogP) is 8.19. The molecule has 2 aliphatic rings. The Hall–Kier alpha value is -3.49. The summed E-state index contributed by atoms with van der Waals surface area (Å²) < 4.78 is 73.0. The van der Waals surface area contributed by atoms with Crippen LogP contribution in [-0.4, -0.2) is 93.8 Å². The standard InChI is InChI=1S/C24H41O8PSi.C13H17O8P.C2H3N.CH4/c1-16(2)31-33(26,32-17(3)4)15-28-11-10-19-22(27-6)18(5)20-14-30-24(25)21(20)23(19)29-12-13-34(7,8)9;1-7-9-5-21-13(15)10(9)11(14)8(12(7)19-2)3-4-20-6-22(16,17)18;1-2-3;/h16-17H,10-15H2,1-9H3;14H,3-6H2,1-2H3,(H2,16,17,18);1H3;1H4. The summed E-state index contributed by atoms with van der Waals surface area (Å²) >= 11 is 0. The van der Waals surface area contributed by atoms with Gasteiger partial charge in [0.05, 0.1) is 52.3 Å². The molecule has 17 nitrogen and oxygen atoms in total. The first-order valence-corrected chi connectivity index (χ1v) is 26.3. The average molecular weight is 906 g/mol. The van der Waals surface area contributed by atoms with Crippen LogP contribution in [0.4, 0.5) is 0 Å². The monoisotopic (exact) mass is 905 g/mol. The molecule has 2 aliphatic heterocycles. The summed E-state index contributed by atoms with van der Waals surface area (Å²) in [5, 5.41) is 17.6. The Morgan fingerprint density at radius 2 is 1.20 bits per heavy atom. The van der Waals surface area contributed by atoms with E-state index in [1.165, 1.54) is 14.0 Å². The zero-order chi connectivity index (χ0) is 44.9. The van der Waals surface area contributed by atoms with E-state index in [1.807, 2.05) is 6.92 Å². The van der Waals surface area contributed by atoms with Crippen molar-refractivity contribution in [2.45, 2.75) is 120 Å². The number of phenols is 1. The van der Waals surface area contributed by atoms with Gasteiger partial charge in [-0.15, -0.1) is 0 Å². The SMILES string of the molecule is C.CC#N.COc1c(C)c2c(c(O)c1CCOCP(=O)(O)O)C(=O)OC2.COc1c(C)c2c(c(OCC[Si](C)(C)C)c1CCOCP(=O)(OC(C)C)OC(C)C)C(=O)OC2. The number of phenolic OH excluding ortho intramolecular Hbond substituents is 1. The molecule has 2 aromatic carbocycles. The molecule has 20 heteroatoms. The first-order chi connectivity index (χ1) is 27.4. The molecule has 0 radical (unpaired) electrons. The highest BCUT2D eigenvalue weighted by Crippen LogP contribution is 2.51. The Morgan fingerprint density at radius 1 is 0.767 bits per heavy atom. The lowest BCUT2D eigenvalue weighted by Crippen LogP contribution is -2.23. The topological polar surface area (TPSA) is 236 Å². The number of fused-ring (bicyclic) bond motifs is 2. The van der Waals surface area contributed by atoms with E-state index in [0.29, 0.717) is 52.5 Å². The van der Waals surface area contributed by atoms with Crippen LogP contribution in [0.2, 0.25) is 25.7 Å². The van der Waals surface area contributed by atoms with Gasteiger partial charge in [0.25, 0.3) is 0 Å². The lowest BCUT2D eigenvalue weighted by Gasteiger charge is -2.23. The normalized spacial score (nSPS) is 13.2. The second kappa shape index (κ2) is 24.2. The molecule has 0 atom stereocenters. The number of benzene rings is 2. The van der Waals surface area contributed by atoms with Crippen LogP contribution < -0.4 is 14.2 Å². The summed E-state index contributed by atoms with van der Waals surface area (Å²) in [6.45, 7) is 20.1. The molecule has 0 aromatic heterocycles. The van der Waals surface area contributed by atoms with Crippen LogP contribution in [0.5, 0.6) is 23.0 Å². The van der Waals surface area contributed by atoms with Gasteiger partial charge in [-0.1, -0.05) is 27.1 Å². The van der Waals surface area contributed by atoms with Gasteiger partial charge < -0.3 is 57.1 Å². The molecule has 340 valence electrons. The Balaban J connectivity index is 0.000000596. The molecule has 0 unspecified atom stereocenters. The van der Waals surface area contributed by atoms with Gasteiger partial charge in [-0.2, -0.15) is 5.26 Å². The van der Waals surface area contributed by atoms with Crippen molar-refractivity contribution in [1.82, 2.24) is 0 Å². The molecule has 4 rings (SSSR count). The van der Waals surface area contributed by atoms with Gasteiger partial charge in [0, 0.05) is 50.1 Å². The molecule has 0 fully saturated rings. The first kappa shape index (κ1) is 54.5. The number of nitriles is 1. The highest BCUT2D eigenvalue weighted by atomic mass is 31.2. The lowest BCUT2D eigenvalue weighted by molar-refractivity contribution is 0.0523. The van der Waals surface area contributed by atoms with Gasteiger partial charge in [0.15, 0.2) is 0 Å². The Labute approximate surface area is 355 Å². The van der Waals surface area contributed by atoms with Gasteiger partial charge in [-0.3, -0.25) is 9.13 Å². The van der Waals surface area contributed by atoms with Crippen LogP contribution in [0.1, 0.15) is 96.1 Å². The molecule has 60 heavy (non-hydrogen) atoms. The van der Waals surface area contributed by atoms with E-state index in [1.54, 1.807) is 47.8 Å². The molecule has 0 spiro atoms. The van der Waals surface area contributed by atoms with Gasteiger partial charge >= 0.3 is 27.1 Å². The number of hydrogen-bond donors (Lipinski definition) is 3. The van der Waals surface area contributed by atoms with Crippen LogP contribution in [0.15, 0.2) is 0 Å². The van der Waals surface area contributed by atoms with Crippen molar-refractivity contribution >= 4 is 35.2 Å². The van der Waals surface area contributed by atoms with E-state index in [0.717, 1.165) is 22.7 Å². The third kappa shape index (κ3) is 15.8. The molecule has 2 aromatic rings. The summed E-state index contributed by atoms with van der Waals surface area (Å²) in [5.74, 6) is 0.348. The molecule has 3 N–H and O–H groups in total. The van der Waals surface area contributed by atoms with E-state index in [2.05, 4.69) is 19.6 Å². The number of nitrogens with zero attached hydrogens (tertiary/aromatic N) is 1. The maximum absolute atomic E-state index is 13.0. The average Bonchev–Trinajstić information content (AvgIpc) is 3.70. The third-order valence-electron chi connectivity index (χ3n) is 8.62. The lowest BCUT2D eigenvalue weighted by atomic mass is 9.95. The molecule has 0 saturated carbocycles. The Morgan fingerprint density at radius 3 is 1.65 bits per heavy atom. The highest BCUT2D eigenvalue weighted by molar-refractivity contribution is 7.53. The van der Waals surface area contributed by atoms with Gasteiger partial charge in [-0.05, 0) is 58.7 Å². The molecule has 0 amide bonds. The number of aromatic hydroxyl groups is 1. The van der Waals surface area contributed by atoms with Crippen molar-refractivity contribution in [1.29, 1.82) is 5.26 Å². The van der Waals surface area contributed by atoms with Crippen molar-refractivity contribution in [3.05, 3.63) is 44.5 Å². The number of hydrogen-bond acceptors (Lipinski definition) is 15. The number of ether oxygens (including phenoxy) is 7. The zero-order valence-corrected chi connectivity index (χ0v) is 39.0. The van der Waals surface area contributed by atoms with Crippen LogP contribution in [0.25, 0.3) is 0 Å². The van der Waals surface area contributed by atoms with Crippen LogP contribution >= 0.6 is 15.2 Å². The summed E-state index contributed by atoms with van der Waals surface area (Å²) in [6, 6.07) is 2.70. The molecule has 0 aliphatic carbocycles. The number of methoxy groups -OCH3 is 2. The van der Waals surface area contributed by atoms with Crippen molar-refractivity contribution in [3.63, 3.8) is 0 Å². The molecule has 0 saturated heterocycles. The largest absolute Gasteiger partial charge is 0.507 e. The Kier molecular flexibility index (Phi) is 22.0. The van der Waals surface area contributed by atoms with Crippen molar-refractivity contribution in [2.24, 2.45) is 0 Å². The molecular weight excluding hydrogens is 840 g/mol. The van der Waals surface area contributed by atoms with Gasteiger partial charge in [-0.25, -0.2) is 9.59 Å². The van der Waals surface area contributed by atoms with Crippen LogP contribution in [0, 0.1) is 25.2 Å². The number of rotatable bonds is 20. The van der Waals surface area contributed by atoms with E-state index in [-0.39, 0.29) is 76.1 Å². The fraction of sp³-hybridized carbons (Fsp3) is 0.625. The number of carbonyl (C=O) groups is 2. The fourth-order valence-corrected chi connectivity index (χ4v) is 9.07. The number of cyclic esters (lactones) is 2. The minimum absolute atomic E-state index is 0. The number of esters is 2. The highest BCUT2D eigenvalue weighted by Gasteiger charge is 2.35. The quantitative estimate of drug-likeness (QED) is 0.0491. The molecule has 2 heterocycles. The molecule has 0 bridgehead atoms. The van der Waals surface area contributed by atoms with Crippen LogP contribution in [0.3, 0.4) is 0 Å². The summed E-state index contributed by atoms with van der Waals surface area (Å²) in [5.41, 5.74) is 4.61. The summed E-state index contributed by atoms with van der Waals surface area (Å²) in [4.78, 5) is 41.7. The van der Waals surface area contributed by atoms with E-state index in [9.17, 15) is 23.8 Å². The minimum Gasteiger partial charge on any atom is -0.507 e. The number of carbonyl (C=O) groups excluding carboxylic acids is 2. The second-order valence-corrected chi connectivity index (χ2v) is 24.5. The minimum atomic E-state index is -4.24. The first-order valence-electron chi connectivity index (χ1n) is 19.0. The van der Waals surface area contributed by atoms with E-state index in [4.69, 9.17) is 57.3 Å². The van der Waals surface area contributed by atoms with Gasteiger partial charge in [0.1, 0.15) is 60.0 Å². The zero-order valence-electron chi connectivity index (χ0n) is 36.2. The maximum Gasteiger partial charge on any atom is 0.356 e. The molecular formula is C40H65NO16P2Si. The fourth-order valence-electron chi connectivity index (χ4n) is 6.18. The van der Waals surface area contributed by atoms with Crippen molar-refractivity contribution in [2.75, 3.05) is 46.7 Å². The van der Waals surface area contributed by atoms with Crippen molar-refractivity contribution < 1.29 is 75.8 Å². The predicted molar refractivity (Wildman–Crippen MR) is 228 cm³/mol. The van der Waals surface area contributed by atoms with E-state index < -0.39 is 35.6 Å². The second-order valence-electron chi connectivity index (χ2n) is 15.4. The summed E-state index contributed by atoms with van der Waals surface area (Å²) in [7, 11) is -5.95. The van der Waals surface area contributed by atoms with Crippen molar-refractivity contribution in [3.8, 4) is 29.1 Å². The Bertz CT molecular complexity index is 1900. The maximum atomic E-state index is 13.0. The van der Waals surface area contributed by atoms with Gasteiger partial charge in [0.2, 0.25) is 0 Å². The smallest absolute Gasteiger partial charge is 0.356 e. The van der Waals surface area contributed by atoms with Crippen LogP contribution in [-0.2, 0) is 63.2 Å². The van der Waals surface area contributed by atoms with E-state index >= 15 is 0 Å².